The maximum atomic E-state index is 12.0. The lowest BCUT2D eigenvalue weighted by Gasteiger charge is -2.31. The van der Waals surface area contributed by atoms with E-state index >= 15 is 0 Å². The molecule has 0 saturated carbocycles. The van der Waals surface area contributed by atoms with E-state index in [2.05, 4.69) is 11.9 Å². The fraction of sp³-hybridized carbons (Fsp3) is 0.438. The molecular weight excluding hydrogens is 238 g/mol. The zero-order chi connectivity index (χ0) is 14.5. The average Bonchev–Trinajstić information content (AvgIpc) is 2.27. The highest BCUT2D eigenvalue weighted by Gasteiger charge is 2.29. The third-order valence-electron chi connectivity index (χ3n) is 2.74. The molecule has 1 amide bonds. The first-order valence-electron chi connectivity index (χ1n) is 6.44. The Hall–Kier alpha value is -1.77. The van der Waals surface area contributed by atoms with Crippen LogP contribution in [0.15, 0.2) is 43.0 Å². The predicted molar refractivity (Wildman–Crippen MR) is 78.0 cm³/mol. The molecule has 0 bridgehead atoms. The molecule has 1 rings (SSSR count). The van der Waals surface area contributed by atoms with Gasteiger partial charge in [0, 0.05) is 0 Å². The molecule has 0 heterocycles. The van der Waals surface area contributed by atoms with Crippen LogP contribution in [0.25, 0.3) is 0 Å². The van der Waals surface area contributed by atoms with Crippen molar-refractivity contribution in [2.24, 2.45) is 0 Å². The van der Waals surface area contributed by atoms with Gasteiger partial charge in [0.05, 0.1) is 5.54 Å². The van der Waals surface area contributed by atoms with Gasteiger partial charge >= 0.3 is 6.09 Å². The van der Waals surface area contributed by atoms with E-state index in [9.17, 15) is 4.79 Å². The van der Waals surface area contributed by atoms with Gasteiger partial charge in [0.25, 0.3) is 0 Å². The van der Waals surface area contributed by atoms with Crippen molar-refractivity contribution in [3.63, 3.8) is 0 Å². The summed E-state index contributed by atoms with van der Waals surface area (Å²) in [5.74, 6) is 0. The van der Waals surface area contributed by atoms with Crippen LogP contribution in [-0.2, 0) is 10.3 Å². The lowest BCUT2D eigenvalue weighted by molar-refractivity contribution is 0.0462. The summed E-state index contributed by atoms with van der Waals surface area (Å²) in [5, 5.41) is 2.93. The summed E-state index contributed by atoms with van der Waals surface area (Å²) in [7, 11) is 0. The Balaban J connectivity index is 2.89. The molecule has 0 radical (unpaired) electrons. The molecule has 1 atom stereocenters. The number of benzene rings is 1. The monoisotopic (exact) mass is 261 g/mol. The second kappa shape index (κ2) is 5.91. The van der Waals surface area contributed by atoms with Gasteiger partial charge in [0.15, 0.2) is 0 Å². The van der Waals surface area contributed by atoms with Crippen molar-refractivity contribution in [2.45, 2.75) is 45.3 Å². The molecule has 0 aliphatic carbocycles. The van der Waals surface area contributed by atoms with Crippen LogP contribution in [0.3, 0.4) is 0 Å². The SMILES string of the molecule is C=CC[C@@](C)(NC(=O)OC(C)(C)C)c1ccccc1. The van der Waals surface area contributed by atoms with E-state index in [1.165, 1.54) is 0 Å². The van der Waals surface area contributed by atoms with Gasteiger partial charge in [0.2, 0.25) is 0 Å². The Labute approximate surface area is 115 Å². The number of hydrogen-bond donors (Lipinski definition) is 1. The maximum absolute atomic E-state index is 12.0. The van der Waals surface area contributed by atoms with Crippen LogP contribution in [0, 0.1) is 0 Å². The number of alkyl carbamates (subject to hydrolysis) is 1. The zero-order valence-corrected chi connectivity index (χ0v) is 12.2. The Morgan fingerprint density at radius 3 is 2.32 bits per heavy atom. The molecule has 0 aromatic heterocycles. The fourth-order valence-electron chi connectivity index (χ4n) is 1.86. The summed E-state index contributed by atoms with van der Waals surface area (Å²) in [6.45, 7) is 11.3. The summed E-state index contributed by atoms with van der Waals surface area (Å²) in [6, 6.07) is 9.83. The van der Waals surface area contributed by atoms with Crippen LogP contribution in [-0.4, -0.2) is 11.7 Å². The molecule has 0 aliphatic heterocycles. The molecule has 19 heavy (non-hydrogen) atoms. The zero-order valence-electron chi connectivity index (χ0n) is 12.2. The number of carbonyl (C=O) groups is 1. The van der Waals surface area contributed by atoms with Gasteiger partial charge in [-0.25, -0.2) is 4.79 Å². The number of nitrogens with one attached hydrogen (secondary N) is 1. The van der Waals surface area contributed by atoms with Crippen molar-refractivity contribution in [3.05, 3.63) is 48.6 Å². The molecule has 104 valence electrons. The van der Waals surface area contributed by atoms with E-state index in [0.717, 1.165) is 5.56 Å². The summed E-state index contributed by atoms with van der Waals surface area (Å²) < 4.78 is 5.32. The molecule has 0 spiro atoms. The van der Waals surface area contributed by atoms with Gasteiger partial charge in [-0.2, -0.15) is 0 Å². The Bertz CT molecular complexity index is 434. The first-order chi connectivity index (χ1) is 8.77. The number of amides is 1. The lowest BCUT2D eigenvalue weighted by atomic mass is 9.89. The van der Waals surface area contributed by atoms with E-state index in [1.54, 1.807) is 6.08 Å². The van der Waals surface area contributed by atoms with Crippen molar-refractivity contribution in [2.75, 3.05) is 0 Å². The Morgan fingerprint density at radius 1 is 1.26 bits per heavy atom. The molecule has 0 saturated heterocycles. The molecule has 3 heteroatoms. The molecule has 1 aromatic rings. The third-order valence-corrected chi connectivity index (χ3v) is 2.74. The smallest absolute Gasteiger partial charge is 0.408 e. The van der Waals surface area contributed by atoms with Gasteiger partial charge in [0.1, 0.15) is 5.60 Å². The molecule has 1 aromatic carbocycles. The minimum Gasteiger partial charge on any atom is -0.444 e. The van der Waals surface area contributed by atoms with Crippen LogP contribution >= 0.6 is 0 Å². The fourth-order valence-corrected chi connectivity index (χ4v) is 1.86. The van der Waals surface area contributed by atoms with Crippen molar-refractivity contribution in [3.8, 4) is 0 Å². The minimum atomic E-state index is -0.509. The molecule has 0 unspecified atom stereocenters. The largest absolute Gasteiger partial charge is 0.444 e. The second-order valence-corrected chi connectivity index (χ2v) is 5.82. The van der Waals surface area contributed by atoms with Crippen molar-refractivity contribution in [1.29, 1.82) is 0 Å². The molecule has 1 N–H and O–H groups in total. The van der Waals surface area contributed by atoms with Gasteiger partial charge < -0.3 is 10.1 Å². The third kappa shape index (κ3) is 4.78. The number of carbonyl (C=O) groups excluding carboxylic acids is 1. The van der Waals surface area contributed by atoms with Crippen LogP contribution < -0.4 is 5.32 Å². The van der Waals surface area contributed by atoms with Gasteiger partial charge in [-0.1, -0.05) is 36.4 Å². The van der Waals surface area contributed by atoms with E-state index in [1.807, 2.05) is 58.0 Å². The first-order valence-corrected chi connectivity index (χ1v) is 6.44. The van der Waals surface area contributed by atoms with Crippen LogP contribution in [0.2, 0.25) is 0 Å². The first kappa shape index (κ1) is 15.3. The minimum absolute atomic E-state index is 0.416. The second-order valence-electron chi connectivity index (χ2n) is 5.82. The normalized spacial score (nSPS) is 14.3. The van der Waals surface area contributed by atoms with Gasteiger partial charge in [-0.15, -0.1) is 6.58 Å². The highest BCUT2D eigenvalue weighted by molar-refractivity contribution is 5.69. The van der Waals surface area contributed by atoms with E-state index in [0.29, 0.717) is 6.42 Å². The molecular formula is C16H23NO2. The highest BCUT2D eigenvalue weighted by atomic mass is 16.6. The molecule has 3 nitrogen and oxygen atoms in total. The summed E-state index contributed by atoms with van der Waals surface area (Å²) >= 11 is 0. The van der Waals surface area contributed by atoms with Gasteiger partial charge in [-0.3, -0.25) is 0 Å². The van der Waals surface area contributed by atoms with Crippen LogP contribution in [0.1, 0.15) is 39.7 Å². The number of rotatable bonds is 4. The van der Waals surface area contributed by atoms with Crippen molar-refractivity contribution < 1.29 is 9.53 Å². The summed E-state index contributed by atoms with van der Waals surface area (Å²) in [5.41, 5.74) is 0.0158. The van der Waals surface area contributed by atoms with Crippen molar-refractivity contribution in [1.82, 2.24) is 5.32 Å². The highest BCUT2D eigenvalue weighted by Crippen LogP contribution is 2.25. The quantitative estimate of drug-likeness (QED) is 0.832. The Morgan fingerprint density at radius 2 is 1.84 bits per heavy atom. The van der Waals surface area contributed by atoms with E-state index in [4.69, 9.17) is 4.74 Å². The van der Waals surface area contributed by atoms with Gasteiger partial charge in [-0.05, 0) is 39.7 Å². The van der Waals surface area contributed by atoms with E-state index < -0.39 is 17.2 Å². The summed E-state index contributed by atoms with van der Waals surface area (Å²) in [6.07, 6.45) is 2.02. The Kier molecular flexibility index (Phi) is 4.76. The average molecular weight is 261 g/mol. The topological polar surface area (TPSA) is 38.3 Å². The van der Waals surface area contributed by atoms with Crippen LogP contribution in [0.5, 0.6) is 0 Å². The van der Waals surface area contributed by atoms with Crippen LogP contribution in [0.4, 0.5) is 4.79 Å². The van der Waals surface area contributed by atoms with Crippen molar-refractivity contribution >= 4 is 6.09 Å². The maximum Gasteiger partial charge on any atom is 0.408 e. The lowest BCUT2D eigenvalue weighted by Crippen LogP contribution is -2.45. The molecule has 0 aliphatic rings. The number of ether oxygens (including phenoxy) is 1. The number of hydrogen-bond acceptors (Lipinski definition) is 2. The predicted octanol–water partition coefficient (Wildman–Crippen LogP) is 4.00. The molecule has 0 fully saturated rings. The summed E-state index contributed by atoms with van der Waals surface area (Å²) in [4.78, 5) is 12.0. The standard InChI is InChI=1S/C16H23NO2/c1-6-12-16(5,13-10-8-7-9-11-13)17-14(18)19-15(2,3)4/h6-11H,1,12H2,2-5H3,(H,17,18)/t16-/m1/s1. The van der Waals surface area contributed by atoms with E-state index in [-0.39, 0.29) is 0 Å².